The monoisotopic (exact) mass is 457 g/mol. The number of hydrogen-bond donors (Lipinski definition) is 1. The molecule has 9 heteroatoms. The van der Waals surface area contributed by atoms with Gasteiger partial charge in [-0.3, -0.25) is 0 Å². The number of methoxy groups -OCH3 is 2. The molecule has 0 fully saturated rings. The average molecular weight is 458 g/mol. The lowest BCUT2D eigenvalue weighted by Gasteiger charge is -2.12. The second-order valence-corrected chi connectivity index (χ2v) is 7.97. The molecule has 2 aromatic rings. The van der Waals surface area contributed by atoms with Crippen molar-refractivity contribution in [1.29, 1.82) is 0 Å². The van der Waals surface area contributed by atoms with Crippen LogP contribution in [0, 0.1) is 0 Å². The lowest BCUT2D eigenvalue weighted by atomic mass is 10.2. The van der Waals surface area contributed by atoms with Crippen LogP contribution in [-0.2, 0) is 21.3 Å². The maximum absolute atomic E-state index is 12.6. The Kier molecular flexibility index (Phi) is 7.23. The first-order valence-corrected chi connectivity index (χ1v) is 10.3. The van der Waals surface area contributed by atoms with Crippen molar-refractivity contribution in [2.24, 2.45) is 0 Å². The second-order valence-electron chi connectivity index (χ2n) is 5.38. The third kappa shape index (κ3) is 5.21. The second kappa shape index (κ2) is 9.20. The van der Waals surface area contributed by atoms with Gasteiger partial charge in [-0.1, -0.05) is 6.07 Å². The molecule has 0 atom stereocenters. The largest absolute Gasteiger partial charge is 0.493 e. The molecule has 27 heavy (non-hydrogen) atoms. The van der Waals surface area contributed by atoms with E-state index in [0.717, 1.165) is 0 Å². The first-order valence-electron chi connectivity index (χ1n) is 7.99. The molecule has 0 spiro atoms. The maximum Gasteiger partial charge on any atom is 0.338 e. The fraction of sp³-hybridized carbons (Fsp3) is 0.278. The Labute approximate surface area is 166 Å². The Hall–Kier alpha value is -2.10. The first-order chi connectivity index (χ1) is 12.8. The van der Waals surface area contributed by atoms with Gasteiger partial charge in [-0.25, -0.2) is 17.9 Å². The lowest BCUT2D eigenvalue weighted by molar-refractivity contribution is 0.0526. The fourth-order valence-corrected chi connectivity index (χ4v) is 4.40. The summed E-state index contributed by atoms with van der Waals surface area (Å²) in [5, 5.41) is 0. The van der Waals surface area contributed by atoms with E-state index < -0.39 is 16.0 Å². The number of carbonyl (C=O) groups excluding carboxylic acids is 1. The van der Waals surface area contributed by atoms with Gasteiger partial charge in [-0.05, 0) is 58.7 Å². The molecule has 0 saturated heterocycles. The quantitative estimate of drug-likeness (QED) is 0.612. The van der Waals surface area contributed by atoms with Gasteiger partial charge >= 0.3 is 5.97 Å². The van der Waals surface area contributed by atoms with E-state index in [1.54, 1.807) is 25.1 Å². The third-order valence-electron chi connectivity index (χ3n) is 3.65. The van der Waals surface area contributed by atoms with Crippen LogP contribution >= 0.6 is 15.9 Å². The topological polar surface area (TPSA) is 90.9 Å². The van der Waals surface area contributed by atoms with Crippen molar-refractivity contribution in [1.82, 2.24) is 4.72 Å². The van der Waals surface area contributed by atoms with Crippen molar-refractivity contribution >= 4 is 31.9 Å². The number of ether oxygens (including phenoxy) is 3. The number of esters is 1. The summed E-state index contributed by atoms with van der Waals surface area (Å²) < 4.78 is 43.3. The highest BCUT2D eigenvalue weighted by atomic mass is 79.9. The molecule has 2 aromatic carbocycles. The van der Waals surface area contributed by atoms with E-state index in [1.165, 1.54) is 32.4 Å². The zero-order valence-corrected chi connectivity index (χ0v) is 17.5. The Morgan fingerprint density at radius 1 is 1.07 bits per heavy atom. The summed E-state index contributed by atoms with van der Waals surface area (Å²) in [5.41, 5.74) is 0.970. The van der Waals surface area contributed by atoms with Crippen LogP contribution in [0.15, 0.2) is 45.8 Å². The molecular weight excluding hydrogens is 438 g/mol. The highest BCUT2D eigenvalue weighted by Gasteiger charge is 2.19. The standard InChI is InChI=1S/C18H20BrNO6S/c1-4-26-18(21)13-6-8-17(14(19)10-13)27(22,23)20-11-12-5-7-15(24-2)16(9-12)25-3/h5-10,20H,4,11H2,1-3H3. The number of nitrogens with one attached hydrogen (secondary N) is 1. The van der Waals surface area contributed by atoms with Gasteiger partial charge in [0.15, 0.2) is 11.5 Å². The SMILES string of the molecule is CCOC(=O)c1ccc(S(=O)(=O)NCc2ccc(OC)c(OC)c2)c(Br)c1. The Morgan fingerprint density at radius 3 is 2.37 bits per heavy atom. The molecule has 0 aliphatic heterocycles. The summed E-state index contributed by atoms with van der Waals surface area (Å²) in [6.07, 6.45) is 0. The van der Waals surface area contributed by atoms with Gasteiger partial charge in [0, 0.05) is 11.0 Å². The average Bonchev–Trinajstić information content (AvgIpc) is 2.66. The fourth-order valence-electron chi connectivity index (χ4n) is 2.31. The van der Waals surface area contributed by atoms with E-state index in [0.29, 0.717) is 17.1 Å². The van der Waals surface area contributed by atoms with Gasteiger partial charge in [0.05, 0.1) is 31.3 Å². The van der Waals surface area contributed by atoms with E-state index in [1.807, 2.05) is 0 Å². The molecule has 0 amide bonds. The summed E-state index contributed by atoms with van der Waals surface area (Å²) in [5.74, 6) is 0.552. The summed E-state index contributed by atoms with van der Waals surface area (Å²) in [7, 11) is -0.767. The smallest absolute Gasteiger partial charge is 0.338 e. The molecule has 2 rings (SSSR count). The number of hydrogen-bond acceptors (Lipinski definition) is 6. The van der Waals surface area contributed by atoms with Crippen molar-refractivity contribution in [3.8, 4) is 11.5 Å². The van der Waals surface area contributed by atoms with Crippen LogP contribution in [0.3, 0.4) is 0 Å². The van der Waals surface area contributed by atoms with Crippen LogP contribution in [0.5, 0.6) is 11.5 Å². The third-order valence-corrected chi connectivity index (χ3v) is 6.02. The van der Waals surface area contributed by atoms with Gasteiger partial charge < -0.3 is 14.2 Å². The maximum atomic E-state index is 12.6. The van der Waals surface area contributed by atoms with Crippen LogP contribution in [-0.4, -0.2) is 35.2 Å². The van der Waals surface area contributed by atoms with E-state index in [-0.39, 0.29) is 28.1 Å². The van der Waals surface area contributed by atoms with Crippen molar-refractivity contribution in [2.75, 3.05) is 20.8 Å². The van der Waals surface area contributed by atoms with E-state index in [4.69, 9.17) is 14.2 Å². The van der Waals surface area contributed by atoms with Crippen LogP contribution < -0.4 is 14.2 Å². The predicted octanol–water partition coefficient (Wildman–Crippen LogP) is 3.12. The first kappa shape index (κ1) is 21.2. The van der Waals surface area contributed by atoms with Gasteiger partial charge in [0.25, 0.3) is 0 Å². The molecule has 0 heterocycles. The highest BCUT2D eigenvalue weighted by Crippen LogP contribution is 2.28. The zero-order chi connectivity index (χ0) is 20.0. The number of rotatable bonds is 8. The highest BCUT2D eigenvalue weighted by molar-refractivity contribution is 9.10. The number of carbonyl (C=O) groups is 1. The van der Waals surface area contributed by atoms with Crippen LogP contribution in [0.4, 0.5) is 0 Å². The van der Waals surface area contributed by atoms with E-state index >= 15 is 0 Å². The molecule has 0 saturated carbocycles. The molecule has 0 bridgehead atoms. The van der Waals surface area contributed by atoms with Crippen molar-refractivity contribution in [3.05, 3.63) is 52.0 Å². The van der Waals surface area contributed by atoms with Crippen LogP contribution in [0.2, 0.25) is 0 Å². The van der Waals surface area contributed by atoms with E-state index in [9.17, 15) is 13.2 Å². The van der Waals surface area contributed by atoms with Gasteiger partial charge in [0.1, 0.15) is 0 Å². The Bertz CT molecular complexity index is 929. The Balaban J connectivity index is 2.18. The van der Waals surface area contributed by atoms with Gasteiger partial charge in [-0.15, -0.1) is 0 Å². The van der Waals surface area contributed by atoms with E-state index in [2.05, 4.69) is 20.7 Å². The Morgan fingerprint density at radius 2 is 1.78 bits per heavy atom. The van der Waals surface area contributed by atoms with Crippen LogP contribution in [0.25, 0.3) is 0 Å². The summed E-state index contributed by atoms with van der Waals surface area (Å²) in [6.45, 7) is 2.00. The minimum atomic E-state index is -3.80. The summed E-state index contributed by atoms with van der Waals surface area (Å²) >= 11 is 3.21. The summed E-state index contributed by atoms with van der Waals surface area (Å²) in [4.78, 5) is 11.8. The number of benzene rings is 2. The van der Waals surface area contributed by atoms with Crippen molar-refractivity contribution < 1.29 is 27.4 Å². The zero-order valence-electron chi connectivity index (χ0n) is 15.1. The van der Waals surface area contributed by atoms with Gasteiger partial charge in [0.2, 0.25) is 10.0 Å². The van der Waals surface area contributed by atoms with Gasteiger partial charge in [-0.2, -0.15) is 0 Å². The summed E-state index contributed by atoms with van der Waals surface area (Å²) in [6, 6.07) is 9.32. The molecule has 0 unspecified atom stereocenters. The molecule has 146 valence electrons. The molecule has 1 N–H and O–H groups in total. The molecule has 0 aliphatic carbocycles. The lowest BCUT2D eigenvalue weighted by Crippen LogP contribution is -2.23. The number of halogens is 1. The minimum Gasteiger partial charge on any atom is -0.493 e. The molecular formula is C18H20BrNO6S. The number of sulfonamides is 1. The predicted molar refractivity (Wildman–Crippen MR) is 104 cm³/mol. The molecule has 0 aromatic heterocycles. The van der Waals surface area contributed by atoms with Crippen molar-refractivity contribution in [3.63, 3.8) is 0 Å². The molecule has 0 radical (unpaired) electrons. The molecule has 0 aliphatic rings. The van der Waals surface area contributed by atoms with Crippen molar-refractivity contribution in [2.45, 2.75) is 18.4 Å². The minimum absolute atomic E-state index is 0.0241. The molecule has 7 nitrogen and oxygen atoms in total. The van der Waals surface area contributed by atoms with Crippen LogP contribution in [0.1, 0.15) is 22.8 Å². The normalized spacial score (nSPS) is 11.1.